The standard InChI is InChI=1S/C8H12F3N/c9-8(10,11)6-5-7(6)1-3-12-4-2-7/h6,12H,1-5H2. The predicted molar refractivity (Wildman–Crippen MR) is 38.7 cm³/mol. The molecule has 2 rings (SSSR count). The normalized spacial score (nSPS) is 33.8. The summed E-state index contributed by atoms with van der Waals surface area (Å²) in [7, 11) is 0. The average Bonchev–Trinajstić information content (AvgIpc) is 2.65. The van der Waals surface area contributed by atoms with Crippen LogP contribution >= 0.6 is 0 Å². The van der Waals surface area contributed by atoms with Gasteiger partial charge in [-0.1, -0.05) is 0 Å². The van der Waals surface area contributed by atoms with Gasteiger partial charge in [-0.05, 0) is 37.8 Å². The molecule has 0 aromatic heterocycles. The van der Waals surface area contributed by atoms with Gasteiger partial charge in [-0.15, -0.1) is 0 Å². The Morgan fingerprint density at radius 2 is 1.75 bits per heavy atom. The molecule has 1 nitrogen and oxygen atoms in total. The van der Waals surface area contributed by atoms with E-state index in [1.807, 2.05) is 0 Å². The van der Waals surface area contributed by atoms with Crippen molar-refractivity contribution >= 4 is 0 Å². The molecule has 0 aromatic carbocycles. The summed E-state index contributed by atoms with van der Waals surface area (Å²) in [5, 5.41) is 3.09. The number of rotatable bonds is 0. The lowest BCUT2D eigenvalue weighted by Gasteiger charge is -2.24. The maximum absolute atomic E-state index is 12.2. The lowest BCUT2D eigenvalue weighted by molar-refractivity contribution is -0.157. The quantitative estimate of drug-likeness (QED) is 0.599. The number of hydrogen-bond donors (Lipinski definition) is 1. The van der Waals surface area contributed by atoms with E-state index in [0.717, 1.165) is 13.1 Å². The van der Waals surface area contributed by atoms with Crippen molar-refractivity contribution in [1.82, 2.24) is 5.32 Å². The Bertz CT molecular complexity index is 181. The zero-order chi connectivity index (χ0) is 8.82. The van der Waals surface area contributed by atoms with E-state index >= 15 is 0 Å². The van der Waals surface area contributed by atoms with Crippen LogP contribution in [0.25, 0.3) is 0 Å². The maximum atomic E-state index is 12.2. The van der Waals surface area contributed by atoms with E-state index in [4.69, 9.17) is 0 Å². The fourth-order valence-corrected chi connectivity index (χ4v) is 2.29. The minimum atomic E-state index is -3.95. The Kier molecular flexibility index (Phi) is 1.65. The van der Waals surface area contributed by atoms with Gasteiger partial charge in [0.25, 0.3) is 0 Å². The van der Waals surface area contributed by atoms with Gasteiger partial charge < -0.3 is 5.32 Å². The maximum Gasteiger partial charge on any atom is 0.392 e. The van der Waals surface area contributed by atoms with Crippen LogP contribution in [0.5, 0.6) is 0 Å². The molecule has 1 aliphatic carbocycles. The summed E-state index contributed by atoms with van der Waals surface area (Å²) in [6.45, 7) is 1.51. The van der Waals surface area contributed by atoms with Crippen LogP contribution < -0.4 is 5.32 Å². The number of piperidine rings is 1. The Morgan fingerprint density at radius 1 is 1.17 bits per heavy atom. The fourth-order valence-electron chi connectivity index (χ4n) is 2.29. The Balaban J connectivity index is 1.99. The van der Waals surface area contributed by atoms with Crippen molar-refractivity contribution in [3.05, 3.63) is 0 Å². The lowest BCUT2D eigenvalue weighted by atomic mass is 9.92. The molecule has 1 heterocycles. The Labute approximate surface area is 69.3 Å². The smallest absolute Gasteiger partial charge is 0.317 e. The van der Waals surface area contributed by atoms with Gasteiger partial charge in [0, 0.05) is 0 Å². The second-order valence-electron chi connectivity index (χ2n) is 3.91. The molecule has 0 aromatic rings. The molecule has 1 spiro atoms. The van der Waals surface area contributed by atoms with Crippen molar-refractivity contribution in [2.24, 2.45) is 11.3 Å². The van der Waals surface area contributed by atoms with Gasteiger partial charge in [-0.25, -0.2) is 0 Å². The molecule has 12 heavy (non-hydrogen) atoms. The number of nitrogens with one attached hydrogen (secondary N) is 1. The highest BCUT2D eigenvalue weighted by Crippen LogP contribution is 2.64. The molecule has 1 saturated carbocycles. The van der Waals surface area contributed by atoms with Crippen molar-refractivity contribution in [2.75, 3.05) is 13.1 Å². The summed E-state index contributed by atoms with van der Waals surface area (Å²) in [6.07, 6.45) is -2.16. The van der Waals surface area contributed by atoms with Crippen LogP contribution in [0.15, 0.2) is 0 Å². The summed E-state index contributed by atoms with van der Waals surface area (Å²) >= 11 is 0. The molecule has 4 heteroatoms. The highest BCUT2D eigenvalue weighted by molar-refractivity contribution is 5.07. The molecule has 1 atom stereocenters. The third-order valence-electron chi connectivity index (χ3n) is 3.18. The predicted octanol–water partition coefficient (Wildman–Crippen LogP) is 1.94. The van der Waals surface area contributed by atoms with Gasteiger partial charge in [0.2, 0.25) is 0 Å². The molecule has 0 amide bonds. The first-order valence-corrected chi connectivity index (χ1v) is 4.32. The number of halogens is 3. The topological polar surface area (TPSA) is 12.0 Å². The van der Waals surface area contributed by atoms with E-state index < -0.39 is 12.1 Å². The molecule has 0 radical (unpaired) electrons. The molecule has 0 bridgehead atoms. The second kappa shape index (κ2) is 2.37. The zero-order valence-electron chi connectivity index (χ0n) is 6.75. The second-order valence-corrected chi connectivity index (χ2v) is 3.91. The van der Waals surface area contributed by atoms with Gasteiger partial charge in [0.1, 0.15) is 0 Å². The van der Waals surface area contributed by atoms with E-state index in [1.165, 1.54) is 0 Å². The van der Waals surface area contributed by atoms with Gasteiger partial charge in [-0.3, -0.25) is 0 Å². The van der Waals surface area contributed by atoms with Crippen molar-refractivity contribution in [1.29, 1.82) is 0 Å². The van der Waals surface area contributed by atoms with Gasteiger partial charge in [0.15, 0.2) is 0 Å². The minimum Gasteiger partial charge on any atom is -0.317 e. The third-order valence-corrected chi connectivity index (χ3v) is 3.18. The summed E-state index contributed by atoms with van der Waals surface area (Å²) in [5.74, 6) is -0.993. The Hall–Kier alpha value is -0.250. The van der Waals surface area contributed by atoms with Crippen molar-refractivity contribution in [2.45, 2.75) is 25.4 Å². The van der Waals surface area contributed by atoms with E-state index in [9.17, 15) is 13.2 Å². The lowest BCUT2D eigenvalue weighted by Crippen LogP contribution is -2.32. The van der Waals surface area contributed by atoms with Crippen LogP contribution in [0, 0.1) is 11.3 Å². The van der Waals surface area contributed by atoms with Gasteiger partial charge >= 0.3 is 6.18 Å². The summed E-state index contributed by atoms with van der Waals surface area (Å²) in [5.41, 5.74) is -0.358. The monoisotopic (exact) mass is 179 g/mol. The third kappa shape index (κ3) is 1.22. The zero-order valence-corrected chi connectivity index (χ0v) is 6.75. The SMILES string of the molecule is FC(F)(F)C1CC12CCNCC2. The fraction of sp³-hybridized carbons (Fsp3) is 1.00. The van der Waals surface area contributed by atoms with Crippen LogP contribution in [0.1, 0.15) is 19.3 Å². The first-order chi connectivity index (χ1) is 5.55. The van der Waals surface area contributed by atoms with Crippen LogP contribution in [0.4, 0.5) is 13.2 Å². The first-order valence-electron chi connectivity index (χ1n) is 4.32. The molecule has 1 saturated heterocycles. The van der Waals surface area contributed by atoms with Gasteiger partial charge in [0.05, 0.1) is 5.92 Å². The van der Waals surface area contributed by atoms with E-state index in [1.54, 1.807) is 0 Å². The van der Waals surface area contributed by atoms with E-state index in [0.29, 0.717) is 19.3 Å². The van der Waals surface area contributed by atoms with Crippen LogP contribution in [0.3, 0.4) is 0 Å². The summed E-state index contributed by atoms with van der Waals surface area (Å²) in [6, 6.07) is 0. The molecular formula is C8H12F3N. The van der Waals surface area contributed by atoms with Crippen molar-refractivity contribution in [3.63, 3.8) is 0 Å². The van der Waals surface area contributed by atoms with Crippen LogP contribution in [-0.2, 0) is 0 Å². The highest BCUT2D eigenvalue weighted by atomic mass is 19.4. The number of alkyl halides is 3. The summed E-state index contributed by atoms with van der Waals surface area (Å²) < 4.78 is 36.7. The highest BCUT2D eigenvalue weighted by Gasteiger charge is 2.65. The average molecular weight is 179 g/mol. The molecule has 1 unspecified atom stereocenters. The minimum absolute atomic E-state index is 0.358. The van der Waals surface area contributed by atoms with Crippen molar-refractivity contribution in [3.8, 4) is 0 Å². The van der Waals surface area contributed by atoms with Crippen LogP contribution in [-0.4, -0.2) is 19.3 Å². The van der Waals surface area contributed by atoms with Crippen molar-refractivity contribution < 1.29 is 13.2 Å². The largest absolute Gasteiger partial charge is 0.392 e. The molecular weight excluding hydrogens is 167 g/mol. The van der Waals surface area contributed by atoms with Crippen LogP contribution in [0.2, 0.25) is 0 Å². The van der Waals surface area contributed by atoms with E-state index in [2.05, 4.69) is 5.32 Å². The molecule has 1 N–H and O–H groups in total. The summed E-state index contributed by atoms with van der Waals surface area (Å²) in [4.78, 5) is 0. The molecule has 70 valence electrons. The Morgan fingerprint density at radius 3 is 2.17 bits per heavy atom. The molecule has 1 aliphatic heterocycles. The number of hydrogen-bond acceptors (Lipinski definition) is 1. The van der Waals surface area contributed by atoms with Gasteiger partial charge in [-0.2, -0.15) is 13.2 Å². The van der Waals surface area contributed by atoms with E-state index in [-0.39, 0.29) is 5.41 Å². The first kappa shape index (κ1) is 8.35. The molecule has 2 aliphatic rings. The molecule has 2 fully saturated rings.